The Morgan fingerprint density at radius 1 is 1.35 bits per heavy atom. The summed E-state index contributed by atoms with van der Waals surface area (Å²) in [5, 5.41) is 19.0. The van der Waals surface area contributed by atoms with Crippen LogP contribution in [0.15, 0.2) is 40.1 Å². The molecule has 2 heterocycles. The number of rotatable bonds is 6. The molecule has 0 aliphatic heterocycles. The minimum Gasteiger partial charge on any atom is -0.378 e. The van der Waals surface area contributed by atoms with Gasteiger partial charge in [0.15, 0.2) is 5.69 Å². The van der Waals surface area contributed by atoms with Crippen molar-refractivity contribution in [1.29, 1.82) is 0 Å². The minimum absolute atomic E-state index is 0.0453. The van der Waals surface area contributed by atoms with Crippen molar-refractivity contribution in [3.8, 4) is 5.82 Å². The molecule has 3 aromatic rings. The Balaban J connectivity index is 1.84. The Morgan fingerprint density at radius 2 is 2.12 bits per heavy atom. The SMILES string of the molecule is CN(C)Cc1c(C(=O)N/N=C/c2ccccc2)nnn1-c1nonc1N. The zero-order valence-electron chi connectivity index (χ0n) is 14.2. The molecule has 0 spiro atoms. The summed E-state index contributed by atoms with van der Waals surface area (Å²) in [4.78, 5) is 14.3. The number of hydrazone groups is 1. The minimum atomic E-state index is -0.504. The quantitative estimate of drug-likeness (QED) is 0.467. The Kier molecular flexibility index (Phi) is 4.99. The van der Waals surface area contributed by atoms with Gasteiger partial charge in [-0.1, -0.05) is 35.5 Å². The van der Waals surface area contributed by atoms with Crippen LogP contribution in [0.3, 0.4) is 0 Å². The number of nitrogen functional groups attached to an aromatic ring is 1. The number of hydrogen-bond donors (Lipinski definition) is 2. The Hall–Kier alpha value is -3.60. The number of carbonyl (C=O) groups is 1. The van der Waals surface area contributed by atoms with Gasteiger partial charge in [-0.3, -0.25) is 4.79 Å². The smallest absolute Gasteiger partial charge is 0.293 e. The van der Waals surface area contributed by atoms with Gasteiger partial charge in [0.2, 0.25) is 11.6 Å². The standard InChI is InChI=1S/C15H17N9O2/c1-23(2)9-11-12(18-22-24(11)14-13(16)20-26-21-14)15(25)19-17-8-10-6-4-3-5-7-10/h3-8H,9H2,1-2H3,(H2,16,20)(H,19,25)/b17-8+. The van der Waals surface area contributed by atoms with E-state index in [1.54, 1.807) is 0 Å². The molecule has 0 fully saturated rings. The van der Waals surface area contributed by atoms with Crippen LogP contribution < -0.4 is 11.2 Å². The number of amides is 1. The van der Waals surface area contributed by atoms with Gasteiger partial charge in [0, 0.05) is 6.54 Å². The molecule has 134 valence electrons. The lowest BCUT2D eigenvalue weighted by molar-refractivity contribution is 0.0948. The molecule has 1 aromatic carbocycles. The molecule has 0 bridgehead atoms. The molecule has 11 heteroatoms. The number of hydrogen-bond acceptors (Lipinski definition) is 9. The molecule has 26 heavy (non-hydrogen) atoms. The Labute approximate surface area is 148 Å². The van der Waals surface area contributed by atoms with Gasteiger partial charge >= 0.3 is 0 Å². The first-order valence-corrected chi connectivity index (χ1v) is 7.62. The average Bonchev–Trinajstić information content (AvgIpc) is 3.21. The van der Waals surface area contributed by atoms with Crippen LogP contribution >= 0.6 is 0 Å². The van der Waals surface area contributed by atoms with Crippen molar-refractivity contribution in [3.05, 3.63) is 47.3 Å². The third kappa shape index (κ3) is 3.72. The molecule has 0 aliphatic rings. The van der Waals surface area contributed by atoms with Gasteiger partial charge in [0.1, 0.15) is 0 Å². The summed E-state index contributed by atoms with van der Waals surface area (Å²) in [5.74, 6) is -0.291. The topological polar surface area (TPSA) is 140 Å². The van der Waals surface area contributed by atoms with E-state index in [1.165, 1.54) is 10.9 Å². The number of anilines is 1. The second-order valence-electron chi connectivity index (χ2n) is 5.62. The maximum atomic E-state index is 12.5. The normalized spacial score (nSPS) is 11.3. The lowest BCUT2D eigenvalue weighted by Crippen LogP contribution is -2.23. The van der Waals surface area contributed by atoms with Crippen molar-refractivity contribution >= 4 is 17.9 Å². The molecule has 0 atom stereocenters. The number of nitrogens with two attached hydrogens (primary N) is 1. The third-order valence-corrected chi connectivity index (χ3v) is 3.32. The van der Waals surface area contributed by atoms with E-state index >= 15 is 0 Å². The van der Waals surface area contributed by atoms with Crippen LogP contribution in [0.2, 0.25) is 0 Å². The van der Waals surface area contributed by atoms with Crippen LogP contribution in [0.25, 0.3) is 5.82 Å². The van der Waals surface area contributed by atoms with E-state index in [9.17, 15) is 4.79 Å². The van der Waals surface area contributed by atoms with E-state index in [1.807, 2.05) is 49.3 Å². The molecule has 3 rings (SSSR count). The number of aromatic nitrogens is 5. The summed E-state index contributed by atoms with van der Waals surface area (Å²) in [6.45, 7) is 0.366. The molecule has 0 saturated heterocycles. The van der Waals surface area contributed by atoms with E-state index in [-0.39, 0.29) is 17.3 Å². The van der Waals surface area contributed by atoms with Crippen LogP contribution in [-0.2, 0) is 6.54 Å². The summed E-state index contributed by atoms with van der Waals surface area (Å²) in [7, 11) is 3.69. The second-order valence-corrected chi connectivity index (χ2v) is 5.62. The third-order valence-electron chi connectivity index (χ3n) is 3.32. The van der Waals surface area contributed by atoms with Crippen LogP contribution in [-0.4, -0.2) is 56.4 Å². The maximum absolute atomic E-state index is 12.5. The summed E-state index contributed by atoms with van der Waals surface area (Å²) in [5.41, 5.74) is 9.58. The summed E-state index contributed by atoms with van der Waals surface area (Å²) < 4.78 is 5.91. The predicted molar refractivity (Wildman–Crippen MR) is 92.5 cm³/mol. The van der Waals surface area contributed by atoms with Gasteiger partial charge in [-0.05, 0) is 30.0 Å². The monoisotopic (exact) mass is 355 g/mol. The predicted octanol–water partition coefficient (Wildman–Crippen LogP) is 0.0580. The van der Waals surface area contributed by atoms with Crippen LogP contribution in [0, 0.1) is 0 Å². The first-order valence-electron chi connectivity index (χ1n) is 7.62. The lowest BCUT2D eigenvalue weighted by atomic mass is 10.2. The number of nitrogens with zero attached hydrogens (tertiary/aromatic N) is 7. The van der Waals surface area contributed by atoms with Crippen molar-refractivity contribution in [2.75, 3.05) is 19.8 Å². The number of carbonyl (C=O) groups excluding carboxylic acids is 1. The highest BCUT2D eigenvalue weighted by Gasteiger charge is 2.24. The molecular formula is C15H17N9O2. The molecule has 3 N–H and O–H groups in total. The zero-order valence-corrected chi connectivity index (χ0v) is 14.2. The molecular weight excluding hydrogens is 338 g/mol. The van der Waals surface area contributed by atoms with Crippen molar-refractivity contribution in [1.82, 2.24) is 35.6 Å². The van der Waals surface area contributed by atoms with E-state index < -0.39 is 5.91 Å². The first kappa shape index (κ1) is 17.2. The average molecular weight is 355 g/mol. The fraction of sp³-hybridized carbons (Fsp3) is 0.200. The van der Waals surface area contributed by atoms with Gasteiger partial charge in [0.25, 0.3) is 5.91 Å². The van der Waals surface area contributed by atoms with Gasteiger partial charge in [-0.25, -0.2) is 10.1 Å². The fourth-order valence-electron chi connectivity index (χ4n) is 2.18. The molecule has 0 radical (unpaired) electrons. The van der Waals surface area contributed by atoms with Crippen molar-refractivity contribution in [3.63, 3.8) is 0 Å². The van der Waals surface area contributed by atoms with E-state index in [0.29, 0.717) is 12.2 Å². The summed E-state index contributed by atoms with van der Waals surface area (Å²) in [6, 6.07) is 9.38. The fourth-order valence-corrected chi connectivity index (χ4v) is 2.18. The zero-order chi connectivity index (χ0) is 18.5. The van der Waals surface area contributed by atoms with Crippen molar-refractivity contribution in [2.24, 2.45) is 5.10 Å². The molecule has 11 nitrogen and oxygen atoms in total. The highest BCUT2D eigenvalue weighted by molar-refractivity contribution is 5.94. The van der Waals surface area contributed by atoms with Crippen LogP contribution in [0.4, 0.5) is 5.82 Å². The molecule has 0 aliphatic carbocycles. The molecule has 0 saturated carbocycles. The van der Waals surface area contributed by atoms with Gasteiger partial charge in [-0.15, -0.1) is 5.10 Å². The molecule has 0 unspecified atom stereocenters. The van der Waals surface area contributed by atoms with Gasteiger partial charge in [-0.2, -0.15) is 9.78 Å². The molecule has 1 amide bonds. The number of benzene rings is 1. The van der Waals surface area contributed by atoms with Gasteiger partial charge in [0.05, 0.1) is 11.9 Å². The van der Waals surface area contributed by atoms with E-state index in [2.05, 4.69) is 35.8 Å². The lowest BCUT2D eigenvalue weighted by Gasteiger charge is -2.11. The van der Waals surface area contributed by atoms with E-state index in [4.69, 9.17) is 5.73 Å². The highest BCUT2D eigenvalue weighted by Crippen LogP contribution is 2.16. The first-order chi connectivity index (χ1) is 12.6. The van der Waals surface area contributed by atoms with Crippen LogP contribution in [0.5, 0.6) is 0 Å². The van der Waals surface area contributed by atoms with Crippen LogP contribution in [0.1, 0.15) is 21.7 Å². The van der Waals surface area contributed by atoms with Gasteiger partial charge < -0.3 is 10.6 Å². The maximum Gasteiger partial charge on any atom is 0.293 e. The number of nitrogens with one attached hydrogen (secondary N) is 1. The second kappa shape index (κ2) is 7.53. The van der Waals surface area contributed by atoms with Crippen molar-refractivity contribution < 1.29 is 9.42 Å². The molecule has 2 aromatic heterocycles. The largest absolute Gasteiger partial charge is 0.378 e. The Morgan fingerprint density at radius 3 is 2.77 bits per heavy atom. The Bertz CT molecular complexity index is 914. The highest BCUT2D eigenvalue weighted by atomic mass is 16.6. The van der Waals surface area contributed by atoms with Crippen molar-refractivity contribution in [2.45, 2.75) is 6.54 Å². The summed E-state index contributed by atoms with van der Waals surface area (Å²) in [6.07, 6.45) is 1.54. The summed E-state index contributed by atoms with van der Waals surface area (Å²) >= 11 is 0. The van der Waals surface area contributed by atoms with E-state index in [0.717, 1.165) is 5.56 Å².